The van der Waals surface area contributed by atoms with Gasteiger partial charge in [0.15, 0.2) is 0 Å². The van der Waals surface area contributed by atoms with Crippen LogP contribution in [0.2, 0.25) is 0 Å². The van der Waals surface area contributed by atoms with E-state index in [0.717, 1.165) is 47.6 Å². The van der Waals surface area contributed by atoms with Crippen LogP contribution in [0.3, 0.4) is 0 Å². The predicted octanol–water partition coefficient (Wildman–Crippen LogP) is 3.81. The van der Waals surface area contributed by atoms with Crippen molar-refractivity contribution < 1.29 is 9.53 Å². The normalized spacial score (nSPS) is 12.5. The molecule has 3 aromatic rings. The van der Waals surface area contributed by atoms with Gasteiger partial charge in [0.1, 0.15) is 0 Å². The average molecular weight is 386 g/mol. The molecule has 0 saturated heterocycles. The van der Waals surface area contributed by atoms with E-state index >= 15 is 0 Å². The lowest BCUT2D eigenvalue weighted by molar-refractivity contribution is 0.0600. The lowest BCUT2D eigenvalue weighted by Crippen LogP contribution is -2.19. The molecular weight excluding hydrogens is 364 g/mol. The van der Waals surface area contributed by atoms with Crippen LogP contribution < -0.4 is 4.90 Å². The number of fused-ring (bicyclic) bond motifs is 1. The summed E-state index contributed by atoms with van der Waals surface area (Å²) >= 11 is 0. The lowest BCUT2D eigenvalue weighted by atomic mass is 10.1. The number of methoxy groups -OCH3 is 1. The molecule has 0 amide bonds. The number of rotatable bonds is 6. The molecule has 0 saturated carbocycles. The molecule has 29 heavy (non-hydrogen) atoms. The number of hydrogen-bond acceptors (Lipinski definition) is 5. The SMILES string of the molecule is COC(=O)c1ccc2c(c1)CCN2Cc1cn(CCC#N)nc1-c1ccccc1. The van der Waals surface area contributed by atoms with E-state index in [1.807, 2.05) is 47.3 Å². The topological polar surface area (TPSA) is 71.2 Å². The molecule has 1 aliphatic heterocycles. The smallest absolute Gasteiger partial charge is 0.337 e. The van der Waals surface area contributed by atoms with E-state index < -0.39 is 0 Å². The van der Waals surface area contributed by atoms with Crippen molar-refractivity contribution >= 4 is 11.7 Å². The molecule has 6 heteroatoms. The number of aromatic nitrogens is 2. The second kappa shape index (κ2) is 8.19. The lowest BCUT2D eigenvalue weighted by Gasteiger charge is -2.19. The Morgan fingerprint density at radius 3 is 2.83 bits per heavy atom. The highest BCUT2D eigenvalue weighted by molar-refractivity contribution is 5.90. The first-order chi connectivity index (χ1) is 14.2. The van der Waals surface area contributed by atoms with Gasteiger partial charge in [0.05, 0.1) is 37.4 Å². The first-order valence-electron chi connectivity index (χ1n) is 9.64. The minimum absolute atomic E-state index is 0.309. The largest absolute Gasteiger partial charge is 0.465 e. The first-order valence-corrected chi connectivity index (χ1v) is 9.64. The van der Waals surface area contributed by atoms with Crippen LogP contribution in [0.15, 0.2) is 54.7 Å². The van der Waals surface area contributed by atoms with E-state index in [9.17, 15) is 4.79 Å². The molecule has 0 aliphatic carbocycles. The van der Waals surface area contributed by atoms with Gasteiger partial charge in [0, 0.05) is 36.1 Å². The van der Waals surface area contributed by atoms with Crippen molar-refractivity contribution in [3.8, 4) is 17.3 Å². The van der Waals surface area contributed by atoms with Crippen LogP contribution >= 0.6 is 0 Å². The van der Waals surface area contributed by atoms with Gasteiger partial charge < -0.3 is 9.64 Å². The summed E-state index contributed by atoms with van der Waals surface area (Å²) in [5.41, 5.74) is 6.02. The molecule has 146 valence electrons. The van der Waals surface area contributed by atoms with Crippen molar-refractivity contribution in [2.45, 2.75) is 25.9 Å². The molecule has 0 spiro atoms. The number of esters is 1. The Hall–Kier alpha value is -3.59. The number of anilines is 1. The molecule has 0 unspecified atom stereocenters. The maximum atomic E-state index is 11.8. The monoisotopic (exact) mass is 386 g/mol. The Balaban J connectivity index is 1.63. The van der Waals surface area contributed by atoms with Gasteiger partial charge in [-0.3, -0.25) is 4.68 Å². The van der Waals surface area contributed by atoms with Crippen molar-refractivity contribution in [1.29, 1.82) is 5.26 Å². The number of nitriles is 1. The van der Waals surface area contributed by atoms with Crippen molar-refractivity contribution in [1.82, 2.24) is 9.78 Å². The number of hydrogen-bond donors (Lipinski definition) is 0. The van der Waals surface area contributed by atoms with Crippen molar-refractivity contribution in [2.24, 2.45) is 0 Å². The van der Waals surface area contributed by atoms with Crippen LogP contribution in [-0.4, -0.2) is 29.4 Å². The Kier molecular flexibility index (Phi) is 5.30. The van der Waals surface area contributed by atoms with Crippen molar-refractivity contribution in [2.75, 3.05) is 18.6 Å². The van der Waals surface area contributed by atoms with Gasteiger partial charge in [-0.1, -0.05) is 30.3 Å². The third kappa shape index (κ3) is 3.85. The van der Waals surface area contributed by atoms with Gasteiger partial charge in [-0.25, -0.2) is 4.79 Å². The zero-order chi connectivity index (χ0) is 20.2. The first kappa shape index (κ1) is 18.8. The van der Waals surface area contributed by atoms with E-state index in [-0.39, 0.29) is 5.97 Å². The summed E-state index contributed by atoms with van der Waals surface area (Å²) in [6.45, 7) is 2.19. The molecule has 0 radical (unpaired) electrons. The van der Waals surface area contributed by atoms with E-state index in [1.54, 1.807) is 0 Å². The molecular formula is C23H22N4O2. The number of benzene rings is 2. The maximum Gasteiger partial charge on any atom is 0.337 e. The maximum absolute atomic E-state index is 11.8. The number of ether oxygens (including phenoxy) is 1. The molecule has 2 heterocycles. The third-order valence-corrected chi connectivity index (χ3v) is 5.19. The molecule has 0 bridgehead atoms. The van der Waals surface area contributed by atoms with Crippen molar-refractivity contribution in [3.05, 3.63) is 71.4 Å². The van der Waals surface area contributed by atoms with Crippen LogP contribution in [-0.2, 0) is 24.2 Å². The summed E-state index contributed by atoms with van der Waals surface area (Å²) in [4.78, 5) is 14.1. The van der Waals surface area contributed by atoms with Crippen LogP contribution in [0.5, 0.6) is 0 Å². The number of carbonyl (C=O) groups is 1. The molecule has 6 nitrogen and oxygen atoms in total. The van der Waals surface area contributed by atoms with Gasteiger partial charge in [0.25, 0.3) is 0 Å². The van der Waals surface area contributed by atoms with E-state index in [2.05, 4.69) is 23.1 Å². The van der Waals surface area contributed by atoms with Crippen LogP contribution in [0, 0.1) is 11.3 Å². The zero-order valence-electron chi connectivity index (χ0n) is 16.3. The summed E-state index contributed by atoms with van der Waals surface area (Å²) in [5.74, 6) is -0.309. The molecule has 2 aromatic carbocycles. The molecule has 0 atom stereocenters. The highest BCUT2D eigenvalue weighted by Gasteiger charge is 2.23. The minimum Gasteiger partial charge on any atom is -0.465 e. The molecule has 0 N–H and O–H groups in total. The molecule has 0 fully saturated rings. The van der Waals surface area contributed by atoms with E-state index in [4.69, 9.17) is 15.1 Å². The average Bonchev–Trinajstić information content (AvgIpc) is 3.36. The zero-order valence-corrected chi connectivity index (χ0v) is 16.3. The number of aryl methyl sites for hydroxylation is 1. The highest BCUT2D eigenvalue weighted by atomic mass is 16.5. The van der Waals surface area contributed by atoms with Gasteiger partial charge in [0.2, 0.25) is 0 Å². The highest BCUT2D eigenvalue weighted by Crippen LogP contribution is 2.32. The summed E-state index contributed by atoms with van der Waals surface area (Å²) in [7, 11) is 1.40. The fraction of sp³-hybridized carbons (Fsp3) is 0.261. The van der Waals surface area contributed by atoms with Crippen LogP contribution in [0.4, 0.5) is 5.69 Å². The predicted molar refractivity (Wildman–Crippen MR) is 110 cm³/mol. The Morgan fingerprint density at radius 2 is 2.07 bits per heavy atom. The molecule has 1 aliphatic rings. The molecule has 4 rings (SSSR count). The van der Waals surface area contributed by atoms with Crippen molar-refractivity contribution in [3.63, 3.8) is 0 Å². The summed E-state index contributed by atoms with van der Waals surface area (Å²) < 4.78 is 6.69. The second-order valence-corrected chi connectivity index (χ2v) is 7.05. The fourth-order valence-corrected chi connectivity index (χ4v) is 3.78. The van der Waals surface area contributed by atoms with Crippen LogP contribution in [0.25, 0.3) is 11.3 Å². The van der Waals surface area contributed by atoms with E-state index in [1.165, 1.54) is 7.11 Å². The van der Waals surface area contributed by atoms with Gasteiger partial charge in [-0.05, 0) is 30.2 Å². The van der Waals surface area contributed by atoms with Gasteiger partial charge in [-0.15, -0.1) is 0 Å². The second-order valence-electron chi connectivity index (χ2n) is 7.05. The number of carbonyl (C=O) groups excluding carboxylic acids is 1. The van der Waals surface area contributed by atoms with Gasteiger partial charge >= 0.3 is 5.97 Å². The van der Waals surface area contributed by atoms with Crippen LogP contribution in [0.1, 0.15) is 27.9 Å². The Bertz CT molecular complexity index is 1070. The summed E-state index contributed by atoms with van der Waals surface area (Å²) in [6, 6.07) is 18.0. The third-order valence-electron chi connectivity index (χ3n) is 5.19. The van der Waals surface area contributed by atoms with Gasteiger partial charge in [-0.2, -0.15) is 10.4 Å². The van der Waals surface area contributed by atoms with E-state index in [0.29, 0.717) is 18.5 Å². The fourth-order valence-electron chi connectivity index (χ4n) is 3.78. The standard InChI is InChI=1S/C23H22N4O2/c1-29-23(28)19-8-9-21-18(14-19)10-13-26(21)15-20-16-27(12-5-11-24)25-22(20)17-6-3-2-4-7-17/h2-4,6-9,14,16H,5,10,12-13,15H2,1H3. The summed E-state index contributed by atoms with van der Waals surface area (Å²) in [5, 5.41) is 13.6. The Labute approximate surface area is 169 Å². The Morgan fingerprint density at radius 1 is 1.24 bits per heavy atom. The molecule has 1 aromatic heterocycles. The minimum atomic E-state index is -0.309. The quantitative estimate of drug-likeness (QED) is 0.603. The number of nitrogens with zero attached hydrogens (tertiary/aromatic N) is 4. The summed E-state index contributed by atoms with van der Waals surface area (Å²) in [6.07, 6.45) is 3.36.